The molecular formula is C21H27N5O3S. The van der Waals surface area contributed by atoms with Crippen LogP contribution in [0.2, 0.25) is 0 Å². The number of carbonyl (C=O) groups excluding carboxylic acids is 2. The number of ether oxygens (including phenoxy) is 1. The lowest BCUT2D eigenvalue weighted by Gasteiger charge is -2.35. The van der Waals surface area contributed by atoms with Crippen molar-refractivity contribution in [3.63, 3.8) is 0 Å². The second-order valence-electron chi connectivity index (χ2n) is 8.07. The zero-order valence-corrected chi connectivity index (χ0v) is 19.0. The number of para-hydroxylation sites is 1. The Hall–Kier alpha value is -2.81. The molecule has 0 saturated carbocycles. The fourth-order valence-electron chi connectivity index (χ4n) is 3.19. The van der Waals surface area contributed by atoms with Crippen LogP contribution in [0.25, 0.3) is 0 Å². The lowest BCUT2D eigenvalue weighted by atomic mass is 10.1. The predicted molar refractivity (Wildman–Crippen MR) is 118 cm³/mol. The van der Waals surface area contributed by atoms with Gasteiger partial charge in [0, 0.05) is 32.4 Å². The maximum absolute atomic E-state index is 13.0. The number of fused-ring (bicyclic) bond motifs is 1. The highest BCUT2D eigenvalue weighted by Gasteiger charge is 2.30. The Labute approximate surface area is 181 Å². The maximum atomic E-state index is 13.0. The summed E-state index contributed by atoms with van der Waals surface area (Å²) in [5.74, 6) is 0.634. The summed E-state index contributed by atoms with van der Waals surface area (Å²) in [6.07, 6.45) is 3.22. The van der Waals surface area contributed by atoms with Gasteiger partial charge >= 0.3 is 12.1 Å². The smallest absolute Gasteiger partial charge is 0.414 e. The Kier molecular flexibility index (Phi) is 6.21. The minimum absolute atomic E-state index is 0.150. The van der Waals surface area contributed by atoms with E-state index in [1.54, 1.807) is 30.1 Å². The zero-order chi connectivity index (χ0) is 22.1. The van der Waals surface area contributed by atoms with Gasteiger partial charge in [-0.05, 0) is 38.7 Å². The van der Waals surface area contributed by atoms with Gasteiger partial charge in [-0.3, -0.25) is 9.80 Å². The van der Waals surface area contributed by atoms with Crippen molar-refractivity contribution >= 4 is 35.4 Å². The summed E-state index contributed by atoms with van der Waals surface area (Å²) in [6.45, 7) is 6.23. The fraction of sp³-hybridized carbons (Fsp3) is 0.429. The van der Waals surface area contributed by atoms with Gasteiger partial charge < -0.3 is 9.64 Å². The van der Waals surface area contributed by atoms with Crippen LogP contribution in [0.5, 0.6) is 0 Å². The van der Waals surface area contributed by atoms with Gasteiger partial charge in [0.25, 0.3) is 0 Å². The number of rotatable bonds is 4. The summed E-state index contributed by atoms with van der Waals surface area (Å²) >= 11 is 1.44. The number of amides is 3. The van der Waals surface area contributed by atoms with Crippen LogP contribution < -0.4 is 9.80 Å². The molecule has 0 aliphatic carbocycles. The highest BCUT2D eigenvalue weighted by molar-refractivity contribution is 7.98. The van der Waals surface area contributed by atoms with E-state index in [0.717, 1.165) is 11.1 Å². The molecule has 3 rings (SSSR count). The topological polar surface area (TPSA) is 78.9 Å². The summed E-state index contributed by atoms with van der Waals surface area (Å²) in [6, 6.07) is 7.35. The number of benzene rings is 1. The van der Waals surface area contributed by atoms with Gasteiger partial charge in [0.1, 0.15) is 11.4 Å². The summed E-state index contributed by atoms with van der Waals surface area (Å²) in [4.78, 5) is 39.0. The quantitative estimate of drug-likeness (QED) is 0.537. The Morgan fingerprint density at radius 2 is 2.00 bits per heavy atom. The molecule has 1 aliphatic heterocycles. The second-order valence-corrected chi connectivity index (χ2v) is 8.84. The number of hydrogen-bond donors (Lipinski definition) is 0. The molecule has 0 unspecified atom stereocenters. The van der Waals surface area contributed by atoms with E-state index in [1.807, 2.05) is 51.3 Å². The maximum Gasteiger partial charge on any atom is 0.414 e. The lowest BCUT2D eigenvalue weighted by Crippen LogP contribution is -2.45. The molecule has 0 radical (unpaired) electrons. The minimum Gasteiger partial charge on any atom is -0.443 e. The number of urea groups is 1. The van der Waals surface area contributed by atoms with Gasteiger partial charge in [0.2, 0.25) is 0 Å². The summed E-state index contributed by atoms with van der Waals surface area (Å²) < 4.78 is 5.49. The molecule has 1 aromatic heterocycles. The number of carbonyl (C=O) groups is 2. The highest BCUT2D eigenvalue weighted by Crippen LogP contribution is 2.30. The molecule has 0 fully saturated rings. The second kappa shape index (κ2) is 8.51. The first kappa shape index (κ1) is 21.9. The van der Waals surface area contributed by atoms with Crippen LogP contribution in [-0.2, 0) is 17.8 Å². The van der Waals surface area contributed by atoms with E-state index in [0.29, 0.717) is 29.8 Å². The van der Waals surface area contributed by atoms with E-state index < -0.39 is 11.7 Å². The molecule has 160 valence electrons. The van der Waals surface area contributed by atoms with Gasteiger partial charge in [-0.15, -0.1) is 0 Å². The van der Waals surface area contributed by atoms with Crippen LogP contribution in [-0.4, -0.2) is 52.9 Å². The predicted octanol–water partition coefficient (Wildman–Crippen LogP) is 4.14. The molecule has 0 N–H and O–H groups in total. The van der Waals surface area contributed by atoms with Crippen molar-refractivity contribution < 1.29 is 14.3 Å². The molecule has 2 heterocycles. The molecule has 9 heteroatoms. The number of hydrogen-bond acceptors (Lipinski definition) is 6. The van der Waals surface area contributed by atoms with E-state index >= 15 is 0 Å². The van der Waals surface area contributed by atoms with E-state index in [1.165, 1.54) is 16.7 Å². The van der Waals surface area contributed by atoms with Crippen LogP contribution >= 0.6 is 11.8 Å². The van der Waals surface area contributed by atoms with Crippen molar-refractivity contribution in [3.8, 4) is 0 Å². The first-order valence-electron chi connectivity index (χ1n) is 9.58. The molecule has 0 atom stereocenters. The third-order valence-electron chi connectivity index (χ3n) is 4.62. The average Bonchev–Trinajstić information content (AvgIpc) is 2.70. The van der Waals surface area contributed by atoms with E-state index in [9.17, 15) is 9.59 Å². The van der Waals surface area contributed by atoms with Crippen molar-refractivity contribution in [2.24, 2.45) is 0 Å². The van der Waals surface area contributed by atoms with Crippen molar-refractivity contribution in [3.05, 3.63) is 41.6 Å². The zero-order valence-electron chi connectivity index (χ0n) is 18.2. The summed E-state index contributed by atoms with van der Waals surface area (Å²) in [5.41, 5.74) is 1.83. The molecule has 0 bridgehead atoms. The van der Waals surface area contributed by atoms with Gasteiger partial charge in [0.05, 0.1) is 12.2 Å². The highest BCUT2D eigenvalue weighted by atomic mass is 32.2. The SMILES string of the molecule is CSc1ncc2c(n1)N(C)C(=O)N(Cc1ccccc1N(C)C(=O)OC(C)(C)C)C2. The number of anilines is 2. The van der Waals surface area contributed by atoms with Crippen LogP contribution in [0.4, 0.5) is 21.1 Å². The van der Waals surface area contributed by atoms with E-state index in [2.05, 4.69) is 9.97 Å². The monoisotopic (exact) mass is 429 g/mol. The Bertz CT molecular complexity index is 960. The van der Waals surface area contributed by atoms with Crippen molar-refractivity contribution in [2.45, 2.75) is 44.6 Å². The minimum atomic E-state index is -0.592. The van der Waals surface area contributed by atoms with Crippen molar-refractivity contribution in [1.82, 2.24) is 14.9 Å². The fourth-order valence-corrected chi connectivity index (χ4v) is 3.52. The Morgan fingerprint density at radius 1 is 1.30 bits per heavy atom. The molecule has 1 aliphatic rings. The molecular weight excluding hydrogens is 402 g/mol. The molecule has 3 amide bonds. The largest absolute Gasteiger partial charge is 0.443 e. The van der Waals surface area contributed by atoms with E-state index in [4.69, 9.17) is 4.74 Å². The summed E-state index contributed by atoms with van der Waals surface area (Å²) in [7, 11) is 3.38. The molecule has 1 aromatic carbocycles. The molecule has 0 spiro atoms. The van der Waals surface area contributed by atoms with E-state index in [-0.39, 0.29) is 6.03 Å². The van der Waals surface area contributed by atoms with Crippen LogP contribution in [0.1, 0.15) is 31.9 Å². The Balaban J connectivity index is 1.85. The van der Waals surface area contributed by atoms with Crippen LogP contribution in [0.3, 0.4) is 0 Å². The third kappa shape index (κ3) is 4.67. The summed E-state index contributed by atoms with van der Waals surface area (Å²) in [5, 5.41) is 0.631. The standard InChI is InChI=1S/C21H27N5O3S/c1-21(2,3)29-20(28)24(4)16-10-8-7-9-14(16)12-26-13-15-11-22-18(30-6)23-17(15)25(5)19(26)27/h7-11H,12-13H2,1-6H3. The first-order chi connectivity index (χ1) is 14.1. The van der Waals surface area contributed by atoms with Gasteiger partial charge in [-0.2, -0.15) is 0 Å². The van der Waals surface area contributed by atoms with Crippen LogP contribution in [0.15, 0.2) is 35.6 Å². The van der Waals surface area contributed by atoms with Crippen LogP contribution in [0, 0.1) is 0 Å². The number of aromatic nitrogens is 2. The molecule has 30 heavy (non-hydrogen) atoms. The molecule has 0 saturated heterocycles. The van der Waals surface area contributed by atoms with Crippen molar-refractivity contribution in [2.75, 3.05) is 30.2 Å². The molecule has 2 aromatic rings. The third-order valence-corrected chi connectivity index (χ3v) is 5.18. The first-order valence-corrected chi connectivity index (χ1v) is 10.8. The Morgan fingerprint density at radius 3 is 2.67 bits per heavy atom. The average molecular weight is 430 g/mol. The normalized spacial score (nSPS) is 13.9. The number of thioether (sulfide) groups is 1. The lowest BCUT2D eigenvalue weighted by molar-refractivity contribution is 0.0589. The van der Waals surface area contributed by atoms with Gasteiger partial charge in [-0.1, -0.05) is 30.0 Å². The van der Waals surface area contributed by atoms with Gasteiger partial charge in [-0.25, -0.2) is 19.6 Å². The van der Waals surface area contributed by atoms with Gasteiger partial charge in [0.15, 0.2) is 5.16 Å². The molecule has 8 nitrogen and oxygen atoms in total. The number of nitrogens with zero attached hydrogens (tertiary/aromatic N) is 5. The van der Waals surface area contributed by atoms with Crippen molar-refractivity contribution in [1.29, 1.82) is 0 Å².